The van der Waals surface area contributed by atoms with Crippen LogP contribution in [0, 0.1) is 6.92 Å². The monoisotopic (exact) mass is 390 g/mol. The van der Waals surface area contributed by atoms with E-state index >= 15 is 0 Å². The van der Waals surface area contributed by atoms with Crippen molar-refractivity contribution >= 4 is 17.6 Å². The lowest BCUT2D eigenvalue weighted by Crippen LogP contribution is -2.22. The molecule has 2 aromatic rings. The minimum atomic E-state index is -4.56. The third-order valence-corrected chi connectivity index (χ3v) is 4.04. The molecule has 0 aliphatic rings. The average Bonchev–Trinajstić information content (AvgIpc) is 2.85. The van der Waals surface area contributed by atoms with Crippen molar-refractivity contribution < 1.29 is 22.7 Å². The van der Waals surface area contributed by atoms with Crippen LogP contribution in [-0.2, 0) is 12.6 Å². The van der Waals surface area contributed by atoms with Crippen molar-refractivity contribution in [3.63, 3.8) is 0 Å². The summed E-state index contributed by atoms with van der Waals surface area (Å²) in [5, 5.41) is 3.68. The van der Waals surface area contributed by atoms with E-state index in [4.69, 9.17) is 22.1 Å². The first-order valence-electron chi connectivity index (χ1n) is 7.94. The molecule has 0 fully saturated rings. The van der Waals surface area contributed by atoms with Crippen LogP contribution in [0.15, 0.2) is 12.3 Å². The smallest absolute Gasteiger partial charge is 0.417 e. The molecule has 0 aliphatic carbocycles. The minimum absolute atomic E-state index is 0.0477. The summed E-state index contributed by atoms with van der Waals surface area (Å²) >= 11 is 5.86. The maximum absolute atomic E-state index is 12.7. The molecule has 0 atom stereocenters. The first-order chi connectivity index (χ1) is 12.1. The summed E-state index contributed by atoms with van der Waals surface area (Å²) in [5.41, 5.74) is 5.43. The molecule has 26 heavy (non-hydrogen) atoms. The summed E-state index contributed by atoms with van der Waals surface area (Å²) in [5.74, 6) is -0.183. The van der Waals surface area contributed by atoms with Gasteiger partial charge < -0.3 is 10.5 Å². The van der Waals surface area contributed by atoms with Crippen molar-refractivity contribution in [1.29, 1.82) is 0 Å². The van der Waals surface area contributed by atoms with Crippen LogP contribution in [0.25, 0.3) is 0 Å². The van der Waals surface area contributed by atoms with Crippen molar-refractivity contribution in [2.75, 3.05) is 0 Å². The van der Waals surface area contributed by atoms with E-state index < -0.39 is 17.8 Å². The molecule has 2 heterocycles. The van der Waals surface area contributed by atoms with E-state index in [-0.39, 0.29) is 16.8 Å². The number of aromatic nitrogens is 3. The Morgan fingerprint density at radius 1 is 1.35 bits per heavy atom. The van der Waals surface area contributed by atoms with Gasteiger partial charge in [0, 0.05) is 11.8 Å². The number of amides is 1. The van der Waals surface area contributed by atoms with E-state index in [1.807, 2.05) is 6.92 Å². The van der Waals surface area contributed by atoms with Gasteiger partial charge >= 0.3 is 12.2 Å². The summed E-state index contributed by atoms with van der Waals surface area (Å²) in [6.07, 6.45) is -0.598. The highest BCUT2D eigenvalue weighted by Gasteiger charge is 2.32. The van der Waals surface area contributed by atoms with E-state index in [1.165, 1.54) is 0 Å². The van der Waals surface area contributed by atoms with Crippen molar-refractivity contribution in [2.45, 2.75) is 45.7 Å². The lowest BCUT2D eigenvalue weighted by Gasteiger charge is -2.10. The summed E-state index contributed by atoms with van der Waals surface area (Å²) in [7, 11) is 0. The lowest BCUT2D eigenvalue weighted by molar-refractivity contribution is -0.137. The molecule has 10 heteroatoms. The SMILES string of the molecule is CCCCCc1c(Oc2ncc(C(F)(F)F)cc2Cl)nn(C(N)=O)c1C. The largest absolute Gasteiger partial charge is 0.417 e. The number of nitrogens with zero attached hydrogens (tertiary/aromatic N) is 3. The van der Waals surface area contributed by atoms with Crippen LogP contribution >= 0.6 is 11.6 Å². The van der Waals surface area contributed by atoms with Crippen LogP contribution in [-0.4, -0.2) is 20.8 Å². The molecule has 0 unspecified atom stereocenters. The maximum Gasteiger partial charge on any atom is 0.417 e. The zero-order valence-corrected chi connectivity index (χ0v) is 15.0. The second kappa shape index (κ2) is 7.94. The Labute approximate surface area is 153 Å². The number of carbonyl (C=O) groups is 1. The quantitative estimate of drug-likeness (QED) is 0.724. The van der Waals surface area contributed by atoms with Crippen LogP contribution in [0.5, 0.6) is 11.8 Å². The predicted molar refractivity (Wildman–Crippen MR) is 89.5 cm³/mol. The van der Waals surface area contributed by atoms with Crippen LogP contribution in [0.1, 0.15) is 43.0 Å². The molecule has 0 aliphatic heterocycles. The van der Waals surface area contributed by atoms with Gasteiger partial charge in [-0.15, -0.1) is 5.10 Å². The van der Waals surface area contributed by atoms with E-state index in [1.54, 1.807) is 6.92 Å². The molecule has 2 N–H and O–H groups in total. The Morgan fingerprint density at radius 3 is 2.58 bits per heavy atom. The van der Waals surface area contributed by atoms with Gasteiger partial charge in [-0.2, -0.15) is 17.9 Å². The Hall–Kier alpha value is -2.29. The standard InChI is InChI=1S/C16H18ClF3N4O2/c1-3-4-5-6-11-9(2)24(15(21)25)23-13(11)26-14-12(17)7-10(8-22-14)16(18,19)20/h7-8H,3-6H2,1-2H3,(H2,21,25). The van der Waals surface area contributed by atoms with Gasteiger partial charge in [-0.05, 0) is 25.8 Å². The third kappa shape index (κ3) is 4.46. The highest BCUT2D eigenvalue weighted by Crippen LogP contribution is 2.35. The number of hydrogen-bond donors (Lipinski definition) is 1. The highest BCUT2D eigenvalue weighted by atomic mass is 35.5. The van der Waals surface area contributed by atoms with Crippen LogP contribution in [0.2, 0.25) is 5.02 Å². The summed E-state index contributed by atoms with van der Waals surface area (Å²) in [4.78, 5) is 15.1. The average molecular weight is 391 g/mol. The molecule has 0 aromatic carbocycles. The number of ether oxygens (including phenoxy) is 1. The molecule has 2 rings (SSSR count). The molecule has 0 spiro atoms. The number of carbonyl (C=O) groups excluding carboxylic acids is 1. The fourth-order valence-corrected chi connectivity index (χ4v) is 2.60. The number of pyridine rings is 1. The predicted octanol–water partition coefficient (Wildman–Crippen LogP) is 4.71. The normalized spacial score (nSPS) is 11.6. The van der Waals surface area contributed by atoms with Crippen molar-refractivity contribution in [1.82, 2.24) is 14.8 Å². The van der Waals surface area contributed by atoms with E-state index in [2.05, 4.69) is 10.1 Å². The lowest BCUT2D eigenvalue weighted by atomic mass is 10.1. The fourth-order valence-electron chi connectivity index (χ4n) is 2.39. The van der Waals surface area contributed by atoms with E-state index in [0.29, 0.717) is 23.9 Å². The Morgan fingerprint density at radius 2 is 2.04 bits per heavy atom. The summed E-state index contributed by atoms with van der Waals surface area (Å²) in [6, 6.07) is -0.0703. The second-order valence-corrected chi connectivity index (χ2v) is 6.09. The van der Waals surface area contributed by atoms with Gasteiger partial charge in [0.05, 0.1) is 11.3 Å². The number of rotatable bonds is 6. The molecular formula is C16H18ClF3N4O2. The number of unbranched alkanes of at least 4 members (excludes halogenated alkanes) is 2. The minimum Gasteiger partial charge on any atom is -0.417 e. The molecular weight excluding hydrogens is 373 g/mol. The van der Waals surface area contributed by atoms with Gasteiger partial charge in [-0.1, -0.05) is 31.4 Å². The van der Waals surface area contributed by atoms with Gasteiger partial charge in [0.1, 0.15) is 5.02 Å². The third-order valence-electron chi connectivity index (χ3n) is 3.77. The van der Waals surface area contributed by atoms with Crippen LogP contribution in [0.3, 0.4) is 0 Å². The second-order valence-electron chi connectivity index (χ2n) is 5.69. The van der Waals surface area contributed by atoms with Crippen LogP contribution in [0.4, 0.5) is 18.0 Å². The van der Waals surface area contributed by atoms with E-state index in [9.17, 15) is 18.0 Å². The maximum atomic E-state index is 12.7. The number of primary amides is 1. The zero-order chi connectivity index (χ0) is 19.5. The molecule has 0 saturated carbocycles. The Balaban J connectivity index is 2.36. The first-order valence-corrected chi connectivity index (χ1v) is 8.31. The fraction of sp³-hybridized carbons (Fsp3) is 0.438. The van der Waals surface area contributed by atoms with Gasteiger partial charge in [0.15, 0.2) is 0 Å². The van der Waals surface area contributed by atoms with Gasteiger partial charge in [-0.25, -0.2) is 9.78 Å². The van der Waals surface area contributed by atoms with Gasteiger partial charge in [0.25, 0.3) is 0 Å². The van der Waals surface area contributed by atoms with Crippen LogP contribution < -0.4 is 10.5 Å². The molecule has 0 bridgehead atoms. The molecule has 0 saturated heterocycles. The number of nitrogens with two attached hydrogens (primary N) is 1. The molecule has 2 aromatic heterocycles. The van der Waals surface area contributed by atoms with Crippen molar-refractivity contribution in [3.05, 3.63) is 34.1 Å². The van der Waals surface area contributed by atoms with Gasteiger partial charge in [0.2, 0.25) is 11.8 Å². The van der Waals surface area contributed by atoms with Crippen molar-refractivity contribution in [3.8, 4) is 11.8 Å². The number of hydrogen-bond acceptors (Lipinski definition) is 4. The highest BCUT2D eigenvalue weighted by molar-refractivity contribution is 6.31. The Kier molecular flexibility index (Phi) is 6.12. The molecule has 0 radical (unpaired) electrons. The summed E-state index contributed by atoms with van der Waals surface area (Å²) < 4.78 is 44.6. The number of alkyl halides is 3. The number of halogens is 4. The summed E-state index contributed by atoms with van der Waals surface area (Å²) in [6.45, 7) is 3.71. The zero-order valence-electron chi connectivity index (χ0n) is 14.2. The molecule has 142 valence electrons. The van der Waals surface area contributed by atoms with E-state index in [0.717, 1.165) is 30.0 Å². The Bertz CT molecular complexity index is 806. The molecule has 1 amide bonds. The topological polar surface area (TPSA) is 83.0 Å². The van der Waals surface area contributed by atoms with Crippen molar-refractivity contribution in [2.24, 2.45) is 5.73 Å². The van der Waals surface area contributed by atoms with Gasteiger partial charge in [-0.3, -0.25) is 0 Å². The molecule has 6 nitrogen and oxygen atoms in total. The first kappa shape index (κ1) is 20.0.